The zero-order valence-electron chi connectivity index (χ0n) is 20.6. The third-order valence-electron chi connectivity index (χ3n) is 7.70. The summed E-state index contributed by atoms with van der Waals surface area (Å²) < 4.78 is 1.71. The molecule has 1 fully saturated rings. The van der Waals surface area contributed by atoms with Gasteiger partial charge in [0.2, 0.25) is 5.95 Å². The second kappa shape index (κ2) is 9.23. The van der Waals surface area contributed by atoms with Crippen LogP contribution in [0.4, 0.5) is 5.95 Å². The van der Waals surface area contributed by atoms with Gasteiger partial charge in [-0.2, -0.15) is 5.10 Å². The predicted octanol–water partition coefficient (Wildman–Crippen LogP) is 6.41. The van der Waals surface area contributed by atoms with E-state index in [1.165, 1.54) is 12.0 Å². The number of hydrogen-bond acceptors (Lipinski definition) is 4. The van der Waals surface area contributed by atoms with Gasteiger partial charge in [-0.05, 0) is 49.4 Å². The molecule has 4 aromatic rings. The number of hydrazone groups is 1. The van der Waals surface area contributed by atoms with Gasteiger partial charge in [-0.15, -0.1) is 0 Å². The van der Waals surface area contributed by atoms with Crippen molar-refractivity contribution in [2.75, 3.05) is 5.43 Å². The average Bonchev–Trinajstić information content (AvgIpc) is 2.90. The average molecular weight is 475 g/mol. The molecule has 1 heterocycles. The van der Waals surface area contributed by atoms with Crippen molar-refractivity contribution in [3.63, 3.8) is 0 Å². The zero-order chi connectivity index (χ0) is 24.5. The summed E-state index contributed by atoms with van der Waals surface area (Å²) in [6, 6.07) is 26.4. The first-order chi connectivity index (χ1) is 17.6. The molecule has 1 spiro atoms. The van der Waals surface area contributed by atoms with E-state index in [9.17, 15) is 4.79 Å². The van der Waals surface area contributed by atoms with Gasteiger partial charge in [-0.3, -0.25) is 4.79 Å². The van der Waals surface area contributed by atoms with Gasteiger partial charge in [0.1, 0.15) is 0 Å². The lowest BCUT2D eigenvalue weighted by Crippen LogP contribution is -2.42. The lowest BCUT2D eigenvalue weighted by Gasteiger charge is -2.42. The van der Waals surface area contributed by atoms with E-state index >= 15 is 0 Å². The molecule has 0 amide bonds. The monoisotopic (exact) mass is 474 g/mol. The van der Waals surface area contributed by atoms with Gasteiger partial charge in [-0.1, -0.05) is 91.6 Å². The highest BCUT2D eigenvalue weighted by Crippen LogP contribution is 2.48. The maximum atomic E-state index is 14.5. The van der Waals surface area contributed by atoms with Crippen LogP contribution in [0.2, 0.25) is 0 Å². The normalized spacial score (nSPS) is 16.0. The molecule has 1 aromatic heterocycles. The minimum Gasteiger partial charge on any atom is -0.268 e. The summed E-state index contributed by atoms with van der Waals surface area (Å²) >= 11 is 0. The van der Waals surface area contributed by atoms with Crippen LogP contribution in [0.1, 0.15) is 54.4 Å². The van der Waals surface area contributed by atoms with Gasteiger partial charge >= 0.3 is 0 Å². The highest BCUT2D eigenvalue weighted by atomic mass is 16.1. The van der Waals surface area contributed by atoms with Crippen molar-refractivity contribution in [2.45, 2.75) is 50.9 Å². The van der Waals surface area contributed by atoms with Crippen molar-refractivity contribution in [2.24, 2.45) is 5.10 Å². The number of fused-ring (bicyclic) bond motifs is 4. The number of rotatable bonds is 4. The zero-order valence-corrected chi connectivity index (χ0v) is 20.6. The summed E-state index contributed by atoms with van der Waals surface area (Å²) in [7, 11) is 0. The van der Waals surface area contributed by atoms with Crippen LogP contribution in [0.15, 0.2) is 88.8 Å². The van der Waals surface area contributed by atoms with E-state index in [1.54, 1.807) is 10.8 Å². The summed E-state index contributed by atoms with van der Waals surface area (Å²) in [5.74, 6) is 0.428. The van der Waals surface area contributed by atoms with E-state index in [1.807, 2.05) is 60.7 Å². The molecule has 1 saturated carbocycles. The third kappa shape index (κ3) is 3.95. The fraction of sp³-hybridized carbons (Fsp3) is 0.258. The highest BCUT2D eigenvalue weighted by molar-refractivity contribution is 5.80. The number of hydrogen-bond donors (Lipinski definition) is 1. The van der Waals surface area contributed by atoms with Crippen LogP contribution in [0, 0.1) is 6.92 Å². The van der Waals surface area contributed by atoms with Gasteiger partial charge in [0, 0.05) is 11.0 Å². The molecule has 5 nitrogen and oxygen atoms in total. The number of aryl methyl sites for hydroxylation is 1. The Bertz CT molecular complexity index is 1480. The molecule has 36 heavy (non-hydrogen) atoms. The minimum atomic E-state index is -0.162. The largest absolute Gasteiger partial charge is 0.268 e. The van der Waals surface area contributed by atoms with E-state index in [0.29, 0.717) is 5.95 Å². The smallest absolute Gasteiger partial charge is 0.263 e. The standard InChI is InChI=1S/C31H30N4O/c1-22-14-16-25(17-15-22)35-29(36)27-28(33-30(35)34-32-21-23-10-4-2-5-11-23)26-13-7-6-12-24(26)20-31(27)18-8-3-9-19-31/h2,4-7,10-17,21H,3,8-9,18-20H2,1H3,(H,33,34)/b32-21-. The van der Waals surface area contributed by atoms with Crippen LogP contribution in [-0.2, 0) is 11.8 Å². The topological polar surface area (TPSA) is 59.3 Å². The van der Waals surface area contributed by atoms with Crippen molar-refractivity contribution >= 4 is 12.2 Å². The Morgan fingerprint density at radius 2 is 1.64 bits per heavy atom. The molecule has 5 heteroatoms. The molecule has 0 aliphatic heterocycles. The van der Waals surface area contributed by atoms with Crippen LogP contribution in [0.3, 0.4) is 0 Å². The molecule has 0 unspecified atom stereocenters. The first-order valence-corrected chi connectivity index (χ1v) is 12.8. The summed E-state index contributed by atoms with van der Waals surface area (Å²) in [6.45, 7) is 2.05. The van der Waals surface area contributed by atoms with Crippen molar-refractivity contribution in [3.05, 3.63) is 111 Å². The van der Waals surface area contributed by atoms with Crippen LogP contribution in [-0.4, -0.2) is 15.8 Å². The molecule has 180 valence electrons. The molecule has 0 radical (unpaired) electrons. The number of aromatic nitrogens is 2. The molecule has 3 aromatic carbocycles. The van der Waals surface area contributed by atoms with E-state index in [0.717, 1.165) is 65.7 Å². The number of benzene rings is 3. The number of anilines is 1. The Morgan fingerprint density at radius 3 is 2.42 bits per heavy atom. The Kier molecular flexibility index (Phi) is 5.76. The van der Waals surface area contributed by atoms with Crippen molar-refractivity contribution in [1.82, 2.24) is 9.55 Å². The lowest BCUT2D eigenvalue weighted by molar-refractivity contribution is 0.284. The molecule has 0 saturated heterocycles. The second-order valence-electron chi connectivity index (χ2n) is 10.1. The quantitative estimate of drug-likeness (QED) is 0.275. The maximum absolute atomic E-state index is 14.5. The van der Waals surface area contributed by atoms with Gasteiger partial charge < -0.3 is 0 Å². The van der Waals surface area contributed by atoms with E-state index in [-0.39, 0.29) is 11.0 Å². The molecular formula is C31H30N4O. The molecule has 0 bridgehead atoms. The van der Waals surface area contributed by atoms with E-state index in [4.69, 9.17) is 4.98 Å². The minimum absolute atomic E-state index is 0.0117. The van der Waals surface area contributed by atoms with E-state index < -0.39 is 0 Å². The lowest BCUT2D eigenvalue weighted by atomic mass is 9.62. The van der Waals surface area contributed by atoms with Crippen molar-refractivity contribution in [1.29, 1.82) is 0 Å². The number of nitrogens with one attached hydrogen (secondary N) is 1. The fourth-order valence-corrected chi connectivity index (χ4v) is 5.92. The van der Waals surface area contributed by atoms with Crippen molar-refractivity contribution < 1.29 is 0 Å². The summed E-state index contributed by atoms with van der Waals surface area (Å²) in [5, 5.41) is 4.47. The van der Waals surface area contributed by atoms with Crippen LogP contribution in [0.25, 0.3) is 16.9 Å². The Morgan fingerprint density at radius 1 is 0.917 bits per heavy atom. The van der Waals surface area contributed by atoms with Crippen LogP contribution >= 0.6 is 0 Å². The van der Waals surface area contributed by atoms with Crippen LogP contribution < -0.4 is 11.0 Å². The van der Waals surface area contributed by atoms with Gasteiger partial charge in [-0.25, -0.2) is 15.0 Å². The number of nitrogens with zero attached hydrogens (tertiary/aromatic N) is 3. The van der Waals surface area contributed by atoms with Crippen LogP contribution in [0.5, 0.6) is 0 Å². The Labute approximate surface area is 211 Å². The van der Waals surface area contributed by atoms with Crippen molar-refractivity contribution in [3.8, 4) is 16.9 Å². The third-order valence-corrected chi connectivity index (χ3v) is 7.70. The predicted molar refractivity (Wildman–Crippen MR) is 146 cm³/mol. The first-order valence-electron chi connectivity index (χ1n) is 12.8. The SMILES string of the molecule is Cc1ccc(-n2c(N/N=C\c3ccccc3)nc3c(c2=O)C2(CCCCC2)Cc2ccccc2-3)cc1. The van der Waals surface area contributed by atoms with Gasteiger partial charge in [0.25, 0.3) is 5.56 Å². The Hall–Kier alpha value is -3.99. The molecule has 2 aliphatic rings. The molecule has 0 atom stereocenters. The van der Waals surface area contributed by atoms with E-state index in [2.05, 4.69) is 35.7 Å². The summed E-state index contributed by atoms with van der Waals surface area (Å²) in [6.07, 6.45) is 8.23. The summed E-state index contributed by atoms with van der Waals surface area (Å²) in [4.78, 5) is 19.6. The summed E-state index contributed by atoms with van der Waals surface area (Å²) in [5.41, 5.74) is 9.90. The Balaban J connectivity index is 1.57. The molecule has 6 rings (SSSR count). The second-order valence-corrected chi connectivity index (χ2v) is 10.1. The molecule has 1 N–H and O–H groups in total. The molecule has 2 aliphatic carbocycles. The molecular weight excluding hydrogens is 444 g/mol. The highest BCUT2D eigenvalue weighted by Gasteiger charge is 2.43. The maximum Gasteiger partial charge on any atom is 0.263 e. The first kappa shape index (κ1) is 22.5. The fourth-order valence-electron chi connectivity index (χ4n) is 5.92. The van der Waals surface area contributed by atoms with Gasteiger partial charge in [0.15, 0.2) is 0 Å². The van der Waals surface area contributed by atoms with Gasteiger partial charge in [0.05, 0.1) is 23.2 Å².